The van der Waals surface area contributed by atoms with Gasteiger partial charge in [-0.2, -0.15) is 0 Å². The minimum absolute atomic E-state index is 0.194. The molecule has 4 heteroatoms. The van der Waals surface area contributed by atoms with Crippen LogP contribution in [-0.2, 0) is 0 Å². The van der Waals surface area contributed by atoms with Crippen LogP contribution in [0.1, 0.15) is 48.7 Å². The Morgan fingerprint density at radius 3 is 2.82 bits per heavy atom. The summed E-state index contributed by atoms with van der Waals surface area (Å²) in [4.78, 5) is 16.0. The summed E-state index contributed by atoms with van der Waals surface area (Å²) in [6.45, 7) is 4.26. The summed E-state index contributed by atoms with van der Waals surface area (Å²) < 4.78 is 0. The SMILES string of the molecule is CC(C)CSc1cc(C2CC2)cnc1C(=O)O. The van der Waals surface area contributed by atoms with Gasteiger partial charge in [0, 0.05) is 16.8 Å². The smallest absolute Gasteiger partial charge is 0.355 e. The zero-order chi connectivity index (χ0) is 12.4. The molecule has 1 aliphatic carbocycles. The third kappa shape index (κ3) is 3.22. The van der Waals surface area contributed by atoms with Crippen molar-refractivity contribution < 1.29 is 9.90 Å². The Hall–Kier alpha value is -1.03. The van der Waals surface area contributed by atoms with E-state index in [1.54, 1.807) is 18.0 Å². The van der Waals surface area contributed by atoms with E-state index in [2.05, 4.69) is 18.8 Å². The van der Waals surface area contributed by atoms with Crippen LogP contribution in [0.5, 0.6) is 0 Å². The predicted octanol–water partition coefficient (Wildman–Crippen LogP) is 3.41. The second-order valence-corrected chi connectivity index (χ2v) is 5.96. The Morgan fingerprint density at radius 1 is 1.59 bits per heavy atom. The van der Waals surface area contributed by atoms with Gasteiger partial charge >= 0.3 is 5.97 Å². The molecule has 0 unspecified atom stereocenters. The number of thioether (sulfide) groups is 1. The summed E-state index contributed by atoms with van der Waals surface area (Å²) in [6, 6.07) is 2.02. The Bertz CT molecular complexity index is 427. The molecule has 1 saturated carbocycles. The highest BCUT2D eigenvalue weighted by atomic mass is 32.2. The molecule has 0 atom stereocenters. The summed E-state index contributed by atoms with van der Waals surface area (Å²) in [5, 5.41) is 9.10. The molecule has 0 radical (unpaired) electrons. The van der Waals surface area contributed by atoms with Crippen LogP contribution in [-0.4, -0.2) is 21.8 Å². The first-order chi connectivity index (χ1) is 8.08. The molecule has 92 valence electrons. The molecular formula is C13H17NO2S. The minimum Gasteiger partial charge on any atom is -0.476 e. The molecule has 0 bridgehead atoms. The van der Waals surface area contributed by atoms with Crippen LogP contribution in [0.2, 0.25) is 0 Å². The van der Waals surface area contributed by atoms with Crippen LogP contribution < -0.4 is 0 Å². The van der Waals surface area contributed by atoms with Gasteiger partial charge in [-0.25, -0.2) is 9.78 Å². The first-order valence-electron chi connectivity index (χ1n) is 5.94. The van der Waals surface area contributed by atoms with Crippen LogP contribution in [0.15, 0.2) is 17.2 Å². The molecule has 2 rings (SSSR count). The van der Waals surface area contributed by atoms with Crippen molar-refractivity contribution in [3.8, 4) is 0 Å². The molecule has 0 saturated heterocycles. The van der Waals surface area contributed by atoms with Crippen molar-refractivity contribution in [2.24, 2.45) is 5.92 Å². The van der Waals surface area contributed by atoms with Crippen LogP contribution in [0.4, 0.5) is 0 Å². The molecule has 0 amide bonds. The molecule has 3 nitrogen and oxygen atoms in total. The van der Waals surface area contributed by atoms with Gasteiger partial charge in [0.05, 0.1) is 0 Å². The first-order valence-corrected chi connectivity index (χ1v) is 6.92. The maximum atomic E-state index is 11.1. The number of carbonyl (C=O) groups is 1. The van der Waals surface area contributed by atoms with Gasteiger partial charge < -0.3 is 5.11 Å². The Labute approximate surface area is 106 Å². The maximum absolute atomic E-state index is 11.1. The van der Waals surface area contributed by atoms with Crippen molar-refractivity contribution in [1.82, 2.24) is 4.98 Å². The lowest BCUT2D eigenvalue weighted by molar-refractivity contribution is 0.0686. The summed E-state index contributed by atoms with van der Waals surface area (Å²) >= 11 is 1.60. The van der Waals surface area contributed by atoms with E-state index in [1.165, 1.54) is 18.4 Å². The fourth-order valence-corrected chi connectivity index (χ4v) is 2.64. The van der Waals surface area contributed by atoms with Crippen molar-refractivity contribution in [3.05, 3.63) is 23.5 Å². The van der Waals surface area contributed by atoms with E-state index in [0.717, 1.165) is 10.6 Å². The topological polar surface area (TPSA) is 50.2 Å². The highest BCUT2D eigenvalue weighted by Gasteiger charge is 2.25. The van der Waals surface area contributed by atoms with Crippen molar-refractivity contribution >= 4 is 17.7 Å². The lowest BCUT2D eigenvalue weighted by atomic mass is 10.2. The molecule has 0 aromatic carbocycles. The average Bonchev–Trinajstić information content (AvgIpc) is 3.09. The molecular weight excluding hydrogens is 234 g/mol. The standard InChI is InChI=1S/C13H17NO2S/c1-8(2)7-17-11-5-10(9-3-4-9)6-14-12(11)13(15)16/h5-6,8-9H,3-4,7H2,1-2H3,(H,15,16). The molecule has 1 fully saturated rings. The number of nitrogens with zero attached hydrogens (tertiary/aromatic N) is 1. The fourth-order valence-electron chi connectivity index (χ4n) is 1.63. The van der Waals surface area contributed by atoms with E-state index in [4.69, 9.17) is 5.11 Å². The number of rotatable bonds is 5. The normalized spacial score (nSPS) is 15.2. The summed E-state index contributed by atoms with van der Waals surface area (Å²) in [5.74, 6) is 1.16. The van der Waals surface area contributed by atoms with Gasteiger partial charge in [0.1, 0.15) is 0 Å². The second-order valence-electron chi connectivity index (χ2n) is 4.90. The lowest BCUT2D eigenvalue weighted by Crippen LogP contribution is -2.04. The number of carboxylic acid groups (broad SMARTS) is 1. The molecule has 1 aromatic rings. The monoisotopic (exact) mass is 251 g/mol. The van der Waals surface area contributed by atoms with E-state index in [9.17, 15) is 4.79 Å². The van der Waals surface area contributed by atoms with Crippen molar-refractivity contribution in [3.63, 3.8) is 0 Å². The summed E-state index contributed by atoms with van der Waals surface area (Å²) in [5.41, 5.74) is 1.39. The number of aromatic carboxylic acids is 1. The van der Waals surface area contributed by atoms with Gasteiger partial charge in [0.15, 0.2) is 5.69 Å². The Morgan fingerprint density at radius 2 is 2.29 bits per heavy atom. The predicted molar refractivity (Wildman–Crippen MR) is 68.7 cm³/mol. The third-order valence-electron chi connectivity index (χ3n) is 2.70. The number of carboxylic acids is 1. The van der Waals surface area contributed by atoms with Gasteiger partial charge in [-0.3, -0.25) is 0 Å². The molecule has 17 heavy (non-hydrogen) atoms. The van der Waals surface area contributed by atoms with Gasteiger partial charge in [-0.05, 0) is 36.3 Å². The maximum Gasteiger partial charge on any atom is 0.355 e. The Kier molecular flexibility index (Phi) is 3.72. The number of hydrogen-bond donors (Lipinski definition) is 1. The zero-order valence-corrected chi connectivity index (χ0v) is 11.0. The van der Waals surface area contributed by atoms with E-state index in [-0.39, 0.29) is 5.69 Å². The van der Waals surface area contributed by atoms with Crippen LogP contribution >= 0.6 is 11.8 Å². The molecule has 1 heterocycles. The van der Waals surface area contributed by atoms with Crippen molar-refractivity contribution in [2.45, 2.75) is 37.5 Å². The first kappa shape index (κ1) is 12.4. The van der Waals surface area contributed by atoms with Gasteiger partial charge in [0.2, 0.25) is 0 Å². The van der Waals surface area contributed by atoms with Crippen molar-refractivity contribution in [1.29, 1.82) is 0 Å². The summed E-state index contributed by atoms with van der Waals surface area (Å²) in [7, 11) is 0. The second kappa shape index (κ2) is 5.08. The largest absolute Gasteiger partial charge is 0.476 e. The van der Waals surface area contributed by atoms with Crippen LogP contribution in [0.3, 0.4) is 0 Å². The molecule has 0 spiro atoms. The molecule has 1 aliphatic rings. The molecule has 1 aromatic heterocycles. The Balaban J connectivity index is 2.23. The van der Waals surface area contributed by atoms with Gasteiger partial charge in [-0.1, -0.05) is 13.8 Å². The van der Waals surface area contributed by atoms with E-state index in [1.807, 2.05) is 6.07 Å². The minimum atomic E-state index is -0.932. The van der Waals surface area contributed by atoms with Gasteiger partial charge in [0.25, 0.3) is 0 Å². The van der Waals surface area contributed by atoms with Crippen LogP contribution in [0.25, 0.3) is 0 Å². The highest BCUT2D eigenvalue weighted by molar-refractivity contribution is 7.99. The number of pyridine rings is 1. The lowest BCUT2D eigenvalue weighted by Gasteiger charge is -2.09. The zero-order valence-electron chi connectivity index (χ0n) is 10.1. The highest BCUT2D eigenvalue weighted by Crippen LogP contribution is 2.41. The average molecular weight is 251 g/mol. The quantitative estimate of drug-likeness (QED) is 0.815. The van der Waals surface area contributed by atoms with E-state index in [0.29, 0.717) is 11.8 Å². The van der Waals surface area contributed by atoms with E-state index < -0.39 is 5.97 Å². The third-order valence-corrected chi connectivity index (χ3v) is 4.15. The number of aromatic nitrogens is 1. The van der Waals surface area contributed by atoms with E-state index >= 15 is 0 Å². The molecule has 0 aliphatic heterocycles. The van der Waals surface area contributed by atoms with Crippen LogP contribution in [0, 0.1) is 5.92 Å². The molecule has 1 N–H and O–H groups in total. The summed E-state index contributed by atoms with van der Waals surface area (Å²) in [6.07, 6.45) is 4.14. The van der Waals surface area contributed by atoms with Gasteiger partial charge in [-0.15, -0.1) is 11.8 Å². The number of hydrogen-bond acceptors (Lipinski definition) is 3. The fraction of sp³-hybridized carbons (Fsp3) is 0.538. The van der Waals surface area contributed by atoms with Crippen molar-refractivity contribution in [2.75, 3.05) is 5.75 Å².